The maximum Gasteiger partial charge on any atom is 0.150 e. The summed E-state index contributed by atoms with van der Waals surface area (Å²) < 4.78 is 2.34. The first-order valence-corrected chi connectivity index (χ1v) is 8.73. The molecule has 0 bridgehead atoms. The van der Waals surface area contributed by atoms with Gasteiger partial charge in [0.1, 0.15) is 11.6 Å². The molecule has 1 atom stereocenters. The van der Waals surface area contributed by atoms with Gasteiger partial charge in [0.15, 0.2) is 0 Å². The minimum atomic E-state index is 0.396. The highest BCUT2D eigenvalue weighted by Gasteiger charge is 2.26. The van der Waals surface area contributed by atoms with Gasteiger partial charge < -0.3 is 9.88 Å². The molecule has 2 aromatic rings. The highest BCUT2D eigenvalue weighted by atomic mass is 15.3. The number of hydrogen-bond acceptors (Lipinski definition) is 4. The number of fused-ring (bicyclic) bond motifs is 1. The van der Waals surface area contributed by atoms with E-state index in [1.165, 1.54) is 30.4 Å². The summed E-state index contributed by atoms with van der Waals surface area (Å²) in [5.41, 5.74) is 2.78. The fourth-order valence-corrected chi connectivity index (χ4v) is 3.72. The van der Waals surface area contributed by atoms with Gasteiger partial charge in [-0.05, 0) is 37.4 Å². The van der Waals surface area contributed by atoms with Crippen molar-refractivity contribution in [2.45, 2.75) is 51.9 Å². The van der Waals surface area contributed by atoms with Crippen molar-refractivity contribution in [2.75, 3.05) is 13.1 Å². The molecule has 2 aliphatic heterocycles. The van der Waals surface area contributed by atoms with E-state index in [1.54, 1.807) is 0 Å². The summed E-state index contributed by atoms with van der Waals surface area (Å²) in [6.45, 7) is 7.26. The molecule has 122 valence electrons. The molecular weight excluding hydrogens is 286 g/mol. The molecule has 5 heteroatoms. The average Bonchev–Trinajstić information content (AvgIpc) is 3.01. The number of rotatable bonds is 3. The Labute approximate surface area is 137 Å². The summed E-state index contributed by atoms with van der Waals surface area (Å²) in [4.78, 5) is 2.48. The van der Waals surface area contributed by atoms with Crippen LogP contribution in [0.1, 0.15) is 48.1 Å². The molecule has 3 heterocycles. The van der Waals surface area contributed by atoms with Crippen molar-refractivity contribution in [3.05, 3.63) is 47.0 Å². The SMILES string of the molecule is Cc1ccccc1CN1CCn2c(nnc2C2CCCCN2)C1. The number of aryl methyl sites for hydroxylation is 1. The molecule has 5 nitrogen and oxygen atoms in total. The van der Waals surface area contributed by atoms with E-state index in [1.807, 2.05) is 0 Å². The minimum Gasteiger partial charge on any atom is -0.311 e. The third-order valence-electron chi connectivity index (χ3n) is 5.14. The average molecular weight is 311 g/mol. The molecule has 0 saturated carbocycles. The molecule has 1 saturated heterocycles. The van der Waals surface area contributed by atoms with E-state index in [-0.39, 0.29) is 0 Å². The lowest BCUT2D eigenvalue weighted by Gasteiger charge is -2.30. The molecular formula is C18H25N5. The van der Waals surface area contributed by atoms with Gasteiger partial charge in [-0.25, -0.2) is 0 Å². The van der Waals surface area contributed by atoms with Crippen molar-refractivity contribution in [3.63, 3.8) is 0 Å². The summed E-state index contributed by atoms with van der Waals surface area (Å²) in [6.07, 6.45) is 3.76. The summed E-state index contributed by atoms with van der Waals surface area (Å²) in [6, 6.07) is 9.05. The topological polar surface area (TPSA) is 46.0 Å². The number of benzene rings is 1. The Balaban J connectivity index is 1.48. The van der Waals surface area contributed by atoms with Crippen LogP contribution in [-0.4, -0.2) is 32.8 Å². The van der Waals surface area contributed by atoms with E-state index in [4.69, 9.17) is 0 Å². The Kier molecular flexibility index (Phi) is 4.14. The highest BCUT2D eigenvalue weighted by molar-refractivity contribution is 5.25. The first-order chi connectivity index (χ1) is 11.3. The largest absolute Gasteiger partial charge is 0.311 e. The first kappa shape index (κ1) is 14.8. The predicted octanol–water partition coefficient (Wildman–Crippen LogP) is 2.42. The van der Waals surface area contributed by atoms with E-state index in [2.05, 4.69) is 56.2 Å². The summed E-state index contributed by atoms with van der Waals surface area (Å²) >= 11 is 0. The lowest BCUT2D eigenvalue weighted by atomic mass is 10.0. The normalized spacial score (nSPS) is 22.0. The Morgan fingerprint density at radius 2 is 2.09 bits per heavy atom. The number of aromatic nitrogens is 3. The molecule has 23 heavy (non-hydrogen) atoms. The van der Waals surface area contributed by atoms with Gasteiger partial charge >= 0.3 is 0 Å². The highest BCUT2D eigenvalue weighted by Crippen LogP contribution is 2.24. The van der Waals surface area contributed by atoms with Crippen molar-refractivity contribution in [1.82, 2.24) is 25.0 Å². The van der Waals surface area contributed by atoms with Crippen molar-refractivity contribution < 1.29 is 0 Å². The van der Waals surface area contributed by atoms with E-state index >= 15 is 0 Å². The molecule has 0 aliphatic carbocycles. The van der Waals surface area contributed by atoms with Crippen molar-refractivity contribution >= 4 is 0 Å². The monoisotopic (exact) mass is 311 g/mol. The van der Waals surface area contributed by atoms with Gasteiger partial charge in [0.2, 0.25) is 0 Å². The lowest BCUT2D eigenvalue weighted by molar-refractivity contribution is 0.204. The molecule has 1 fully saturated rings. The Morgan fingerprint density at radius 1 is 1.17 bits per heavy atom. The van der Waals surface area contributed by atoms with Crippen LogP contribution >= 0.6 is 0 Å². The van der Waals surface area contributed by atoms with Gasteiger partial charge in [0, 0.05) is 19.6 Å². The third kappa shape index (κ3) is 3.03. The second-order valence-corrected chi connectivity index (χ2v) is 6.77. The lowest BCUT2D eigenvalue weighted by Crippen LogP contribution is -2.36. The quantitative estimate of drug-likeness (QED) is 0.945. The van der Waals surface area contributed by atoms with Crippen molar-refractivity contribution in [2.24, 2.45) is 0 Å². The predicted molar refractivity (Wildman–Crippen MR) is 89.9 cm³/mol. The molecule has 0 amide bonds. The fraction of sp³-hybridized carbons (Fsp3) is 0.556. The summed E-state index contributed by atoms with van der Waals surface area (Å²) in [5.74, 6) is 2.27. The maximum atomic E-state index is 4.50. The van der Waals surface area contributed by atoms with Crippen LogP contribution in [0.15, 0.2) is 24.3 Å². The van der Waals surface area contributed by atoms with Crippen LogP contribution in [-0.2, 0) is 19.6 Å². The zero-order valence-corrected chi connectivity index (χ0v) is 13.8. The zero-order valence-electron chi connectivity index (χ0n) is 13.8. The second kappa shape index (κ2) is 6.42. The molecule has 2 aliphatic rings. The number of hydrogen-bond donors (Lipinski definition) is 1. The molecule has 0 spiro atoms. The van der Waals surface area contributed by atoms with Crippen LogP contribution in [0.2, 0.25) is 0 Å². The van der Waals surface area contributed by atoms with Gasteiger partial charge in [0.25, 0.3) is 0 Å². The minimum absolute atomic E-state index is 0.396. The van der Waals surface area contributed by atoms with Crippen LogP contribution in [0, 0.1) is 6.92 Å². The standard InChI is InChI=1S/C18H25N5/c1-14-6-2-3-7-15(14)12-22-10-11-23-17(13-22)20-21-18(23)16-8-4-5-9-19-16/h2-3,6-7,16,19H,4-5,8-13H2,1H3. The smallest absolute Gasteiger partial charge is 0.150 e. The Hall–Kier alpha value is -1.72. The molecule has 1 N–H and O–H groups in total. The molecule has 4 rings (SSSR count). The summed E-state index contributed by atoms with van der Waals surface area (Å²) in [5, 5.41) is 12.6. The fourth-order valence-electron chi connectivity index (χ4n) is 3.72. The van der Waals surface area contributed by atoms with Crippen molar-refractivity contribution in [1.29, 1.82) is 0 Å². The molecule has 1 unspecified atom stereocenters. The molecule has 0 radical (unpaired) electrons. The van der Waals surface area contributed by atoms with Gasteiger partial charge in [-0.3, -0.25) is 4.90 Å². The number of nitrogens with zero attached hydrogens (tertiary/aromatic N) is 4. The maximum absolute atomic E-state index is 4.50. The first-order valence-electron chi connectivity index (χ1n) is 8.73. The van der Waals surface area contributed by atoms with Gasteiger partial charge in [0.05, 0.1) is 12.6 Å². The van der Waals surface area contributed by atoms with E-state index < -0.39 is 0 Å². The summed E-state index contributed by atoms with van der Waals surface area (Å²) in [7, 11) is 0. The van der Waals surface area contributed by atoms with Crippen molar-refractivity contribution in [3.8, 4) is 0 Å². The third-order valence-corrected chi connectivity index (χ3v) is 5.14. The van der Waals surface area contributed by atoms with Gasteiger partial charge in [-0.1, -0.05) is 30.7 Å². The van der Waals surface area contributed by atoms with Crippen LogP contribution in [0.25, 0.3) is 0 Å². The Morgan fingerprint density at radius 3 is 2.91 bits per heavy atom. The number of nitrogens with one attached hydrogen (secondary N) is 1. The van der Waals surface area contributed by atoms with E-state index in [9.17, 15) is 0 Å². The van der Waals surface area contributed by atoms with Gasteiger partial charge in [-0.15, -0.1) is 10.2 Å². The van der Waals surface area contributed by atoms with E-state index in [0.29, 0.717) is 6.04 Å². The van der Waals surface area contributed by atoms with Crippen LogP contribution in [0.3, 0.4) is 0 Å². The number of piperidine rings is 1. The zero-order chi connectivity index (χ0) is 15.6. The molecule has 1 aromatic carbocycles. The molecule has 1 aromatic heterocycles. The van der Waals surface area contributed by atoms with Crippen LogP contribution in [0.5, 0.6) is 0 Å². The Bertz CT molecular complexity index is 672. The second-order valence-electron chi connectivity index (χ2n) is 6.77. The van der Waals surface area contributed by atoms with Gasteiger partial charge in [-0.2, -0.15) is 0 Å². The van der Waals surface area contributed by atoms with E-state index in [0.717, 1.165) is 44.4 Å². The van der Waals surface area contributed by atoms with Crippen LogP contribution in [0.4, 0.5) is 0 Å². The van der Waals surface area contributed by atoms with Crippen LogP contribution < -0.4 is 5.32 Å².